The average molecular weight is 341 g/mol. The first-order chi connectivity index (χ1) is 10.0. The average Bonchev–Trinajstić information content (AvgIpc) is 3.03. The van der Waals surface area contributed by atoms with Crippen molar-refractivity contribution < 1.29 is 9.53 Å². The number of thiophene rings is 1. The number of hydrogen-bond acceptors (Lipinski definition) is 6. The Morgan fingerprint density at radius 3 is 3.00 bits per heavy atom. The predicted octanol–water partition coefficient (Wildman–Crippen LogP) is 3.14. The molecule has 0 saturated heterocycles. The van der Waals surface area contributed by atoms with Crippen LogP contribution in [0.15, 0.2) is 28.4 Å². The third kappa shape index (κ3) is 2.85. The summed E-state index contributed by atoms with van der Waals surface area (Å²) in [6, 6.07) is 4.61. The van der Waals surface area contributed by atoms with Crippen molar-refractivity contribution in [3.05, 3.63) is 54.5 Å². The number of aryl methyl sites for hydroxylation is 1. The molecule has 0 aliphatic heterocycles. The summed E-state index contributed by atoms with van der Waals surface area (Å²) in [6.07, 6.45) is 0. The Morgan fingerprint density at radius 1 is 1.48 bits per heavy atom. The van der Waals surface area contributed by atoms with Gasteiger partial charge in [-0.05, 0) is 19.1 Å². The molecule has 0 spiro atoms. The van der Waals surface area contributed by atoms with E-state index in [0.29, 0.717) is 19.9 Å². The van der Waals surface area contributed by atoms with Gasteiger partial charge in [0.05, 0.1) is 10.0 Å². The highest BCUT2D eigenvalue weighted by molar-refractivity contribution is 7.17. The van der Waals surface area contributed by atoms with Gasteiger partial charge in [0, 0.05) is 17.1 Å². The van der Waals surface area contributed by atoms with E-state index in [2.05, 4.69) is 4.98 Å². The van der Waals surface area contributed by atoms with Gasteiger partial charge in [0.15, 0.2) is 4.96 Å². The van der Waals surface area contributed by atoms with Crippen LogP contribution in [-0.4, -0.2) is 15.4 Å². The summed E-state index contributed by atoms with van der Waals surface area (Å²) in [5.74, 6) is -0.476. The van der Waals surface area contributed by atoms with E-state index in [-0.39, 0.29) is 12.2 Å². The van der Waals surface area contributed by atoms with Gasteiger partial charge in [0.2, 0.25) is 0 Å². The number of carbonyl (C=O) groups excluding carboxylic acids is 1. The van der Waals surface area contributed by atoms with Crippen molar-refractivity contribution >= 4 is 45.2 Å². The highest BCUT2D eigenvalue weighted by Crippen LogP contribution is 2.22. The van der Waals surface area contributed by atoms with Crippen molar-refractivity contribution in [3.63, 3.8) is 0 Å². The first-order valence-corrected chi connectivity index (χ1v) is 8.01. The smallest absolute Gasteiger partial charge is 0.348 e. The van der Waals surface area contributed by atoms with Gasteiger partial charge < -0.3 is 4.74 Å². The summed E-state index contributed by atoms with van der Waals surface area (Å²) < 4.78 is 7.19. The maximum atomic E-state index is 12.0. The van der Waals surface area contributed by atoms with Crippen LogP contribution in [0.4, 0.5) is 0 Å². The molecule has 21 heavy (non-hydrogen) atoms. The van der Waals surface area contributed by atoms with Crippen LogP contribution in [0.5, 0.6) is 0 Å². The number of nitrogens with zero attached hydrogens (tertiary/aromatic N) is 2. The van der Waals surface area contributed by atoms with Crippen molar-refractivity contribution in [1.82, 2.24) is 9.38 Å². The van der Waals surface area contributed by atoms with Crippen LogP contribution in [0.2, 0.25) is 4.34 Å². The van der Waals surface area contributed by atoms with Gasteiger partial charge in [-0.1, -0.05) is 11.6 Å². The molecule has 0 atom stereocenters. The number of fused-ring (bicyclic) bond motifs is 1. The molecule has 0 fully saturated rings. The maximum Gasteiger partial charge on any atom is 0.348 e. The minimum Gasteiger partial charge on any atom is -0.455 e. The fraction of sp³-hybridized carbons (Fsp3) is 0.154. The number of ether oxygens (including phenoxy) is 1. The Morgan fingerprint density at radius 2 is 2.29 bits per heavy atom. The fourth-order valence-electron chi connectivity index (χ4n) is 1.81. The van der Waals surface area contributed by atoms with Crippen LogP contribution < -0.4 is 5.56 Å². The van der Waals surface area contributed by atoms with E-state index in [0.717, 1.165) is 17.0 Å². The zero-order valence-corrected chi connectivity index (χ0v) is 13.2. The van der Waals surface area contributed by atoms with E-state index in [4.69, 9.17) is 16.3 Å². The summed E-state index contributed by atoms with van der Waals surface area (Å²) in [7, 11) is 0. The number of halogens is 1. The first-order valence-electron chi connectivity index (χ1n) is 5.94. The van der Waals surface area contributed by atoms with Gasteiger partial charge in [-0.25, -0.2) is 9.78 Å². The molecule has 0 radical (unpaired) electrons. The molecule has 0 aliphatic carbocycles. The Kier molecular flexibility index (Phi) is 3.79. The largest absolute Gasteiger partial charge is 0.455 e. The predicted molar refractivity (Wildman–Crippen MR) is 82.5 cm³/mol. The van der Waals surface area contributed by atoms with Gasteiger partial charge in [0.1, 0.15) is 11.5 Å². The number of thiazole rings is 1. The zero-order valence-electron chi connectivity index (χ0n) is 10.8. The Bertz CT molecular complexity index is 881. The van der Waals surface area contributed by atoms with Gasteiger partial charge in [-0.2, -0.15) is 0 Å². The lowest BCUT2D eigenvalue weighted by molar-refractivity contribution is 0.0473. The first kappa shape index (κ1) is 14.2. The van der Waals surface area contributed by atoms with E-state index < -0.39 is 5.97 Å². The van der Waals surface area contributed by atoms with E-state index >= 15 is 0 Å². The normalized spacial score (nSPS) is 11.0. The van der Waals surface area contributed by atoms with E-state index in [1.165, 1.54) is 21.8 Å². The SMILES string of the molecule is Cc1csc2nc(COC(=O)c3ccc(Cl)s3)cc(=O)n12. The lowest BCUT2D eigenvalue weighted by Gasteiger charge is -2.03. The molecule has 3 aromatic heterocycles. The van der Waals surface area contributed by atoms with Crippen LogP contribution >= 0.6 is 34.3 Å². The molecule has 0 aromatic carbocycles. The Balaban J connectivity index is 1.79. The van der Waals surface area contributed by atoms with Crippen molar-refractivity contribution in [2.24, 2.45) is 0 Å². The number of esters is 1. The van der Waals surface area contributed by atoms with Gasteiger partial charge in [-0.3, -0.25) is 9.20 Å². The Labute approximate surface area is 132 Å². The van der Waals surface area contributed by atoms with Crippen LogP contribution in [0.25, 0.3) is 4.96 Å². The number of carbonyl (C=O) groups is 1. The van der Waals surface area contributed by atoms with Crippen molar-refractivity contribution in [2.75, 3.05) is 0 Å². The van der Waals surface area contributed by atoms with Crippen LogP contribution in [0.3, 0.4) is 0 Å². The fourth-order valence-corrected chi connectivity index (χ4v) is 3.64. The molecule has 0 amide bonds. The van der Waals surface area contributed by atoms with Crippen molar-refractivity contribution in [2.45, 2.75) is 13.5 Å². The van der Waals surface area contributed by atoms with E-state index in [1.54, 1.807) is 12.1 Å². The van der Waals surface area contributed by atoms with Crippen molar-refractivity contribution in [1.29, 1.82) is 0 Å². The van der Waals surface area contributed by atoms with E-state index in [9.17, 15) is 9.59 Å². The third-order valence-electron chi connectivity index (χ3n) is 2.75. The maximum absolute atomic E-state index is 12.0. The second-order valence-corrected chi connectivity index (χ2v) is 6.81. The molecular formula is C13H9ClN2O3S2. The summed E-state index contributed by atoms with van der Waals surface area (Å²) in [4.78, 5) is 29.1. The van der Waals surface area contributed by atoms with Gasteiger partial charge in [0.25, 0.3) is 5.56 Å². The molecule has 8 heteroatoms. The molecule has 3 rings (SSSR count). The van der Waals surface area contributed by atoms with Crippen LogP contribution in [-0.2, 0) is 11.3 Å². The monoisotopic (exact) mass is 340 g/mol. The molecule has 0 unspecified atom stereocenters. The topological polar surface area (TPSA) is 60.7 Å². The molecular weight excluding hydrogens is 332 g/mol. The lowest BCUT2D eigenvalue weighted by atomic mass is 10.4. The highest BCUT2D eigenvalue weighted by Gasteiger charge is 2.12. The highest BCUT2D eigenvalue weighted by atomic mass is 35.5. The molecule has 0 N–H and O–H groups in total. The molecule has 0 aliphatic rings. The summed E-state index contributed by atoms with van der Waals surface area (Å²) >= 11 is 8.28. The molecule has 0 bridgehead atoms. The van der Waals surface area contributed by atoms with Crippen LogP contribution in [0, 0.1) is 6.92 Å². The zero-order chi connectivity index (χ0) is 15.0. The molecule has 3 heterocycles. The van der Waals surface area contributed by atoms with Gasteiger partial charge in [-0.15, -0.1) is 22.7 Å². The number of hydrogen-bond donors (Lipinski definition) is 0. The van der Waals surface area contributed by atoms with Gasteiger partial charge >= 0.3 is 5.97 Å². The molecule has 3 aromatic rings. The summed E-state index contributed by atoms with van der Waals surface area (Å²) in [5, 5.41) is 1.85. The number of rotatable bonds is 3. The van der Waals surface area contributed by atoms with Crippen molar-refractivity contribution in [3.8, 4) is 0 Å². The van der Waals surface area contributed by atoms with Crippen LogP contribution in [0.1, 0.15) is 21.1 Å². The minimum absolute atomic E-state index is 0.0446. The second kappa shape index (κ2) is 5.59. The summed E-state index contributed by atoms with van der Waals surface area (Å²) in [6.45, 7) is 1.80. The second-order valence-electron chi connectivity index (χ2n) is 4.26. The standard InChI is InChI=1S/C13H9ClN2O3S2/c1-7-6-20-13-15-8(4-11(17)16(7)13)5-19-12(18)9-2-3-10(14)21-9/h2-4,6H,5H2,1H3. The third-order valence-corrected chi connectivity index (χ3v) is 4.91. The quantitative estimate of drug-likeness (QED) is 0.687. The number of aromatic nitrogens is 2. The molecule has 108 valence electrons. The lowest BCUT2D eigenvalue weighted by Crippen LogP contribution is -2.16. The molecule has 0 saturated carbocycles. The van der Waals surface area contributed by atoms with E-state index in [1.807, 2.05) is 12.3 Å². The summed E-state index contributed by atoms with van der Waals surface area (Å²) in [5.41, 5.74) is 1.09. The minimum atomic E-state index is -0.476. The molecule has 5 nitrogen and oxygen atoms in total. The Hall–Kier alpha value is -1.70.